The highest BCUT2D eigenvalue weighted by Gasteiger charge is 2.30. The van der Waals surface area contributed by atoms with E-state index in [-0.39, 0.29) is 12.3 Å². The Kier molecular flexibility index (Phi) is 6.76. The van der Waals surface area contributed by atoms with Crippen LogP contribution in [0.15, 0.2) is 60.0 Å². The number of hydrogen-bond donors (Lipinski definition) is 1. The highest BCUT2D eigenvalue weighted by atomic mass is 32.1. The summed E-state index contributed by atoms with van der Waals surface area (Å²) < 4.78 is 38.6. The lowest BCUT2D eigenvalue weighted by Gasteiger charge is -2.34. The van der Waals surface area contributed by atoms with Gasteiger partial charge in [0, 0.05) is 43.8 Å². The van der Waals surface area contributed by atoms with Crippen LogP contribution in [0.1, 0.15) is 16.8 Å². The van der Waals surface area contributed by atoms with Crippen LogP contribution in [-0.2, 0) is 23.9 Å². The van der Waals surface area contributed by atoms with E-state index in [1.54, 1.807) is 11.4 Å². The average molecular weight is 461 g/mol. The quantitative estimate of drug-likeness (QED) is 0.575. The van der Waals surface area contributed by atoms with Gasteiger partial charge < -0.3 is 10.2 Å². The molecule has 0 saturated carbocycles. The molecule has 2 heterocycles. The predicted octanol–water partition coefficient (Wildman–Crippen LogP) is 4.79. The van der Waals surface area contributed by atoms with Crippen LogP contribution < -0.4 is 5.32 Å². The molecule has 3 aromatic rings. The summed E-state index contributed by atoms with van der Waals surface area (Å²) in [4.78, 5) is 21.2. The van der Waals surface area contributed by atoms with E-state index in [0.717, 1.165) is 31.8 Å². The second kappa shape index (κ2) is 9.70. The number of nitrogens with zero attached hydrogens (tertiary/aromatic N) is 3. The molecule has 1 N–H and O–H groups in total. The van der Waals surface area contributed by atoms with E-state index in [1.807, 2.05) is 23.1 Å². The van der Waals surface area contributed by atoms with Crippen LogP contribution in [0.4, 0.5) is 24.0 Å². The highest BCUT2D eigenvalue weighted by molar-refractivity contribution is 7.13. The number of nitrogens with one attached hydrogen (secondary N) is 1. The first-order valence-electron chi connectivity index (χ1n) is 10.3. The minimum absolute atomic E-state index is 0.0141. The standard InChI is InChI=1S/C23H23F3N4OS/c24-23(25,26)18-7-4-8-19(13-18)27-22-28-20(16-32-22)14-21(31)30-11-9-29(10-12-30)15-17-5-2-1-3-6-17/h1-8,13,16H,9-12,14-15H2,(H,27,28). The van der Waals surface area contributed by atoms with Gasteiger partial charge in [-0.15, -0.1) is 11.3 Å². The largest absolute Gasteiger partial charge is 0.416 e. The van der Waals surface area contributed by atoms with Crippen LogP contribution in [0.2, 0.25) is 0 Å². The molecule has 4 rings (SSSR count). The summed E-state index contributed by atoms with van der Waals surface area (Å²) in [5.74, 6) is 0.0141. The Balaban J connectivity index is 1.28. The van der Waals surface area contributed by atoms with Crippen molar-refractivity contribution in [1.82, 2.24) is 14.8 Å². The molecule has 0 unspecified atom stereocenters. The Morgan fingerprint density at radius 1 is 1.03 bits per heavy atom. The SMILES string of the molecule is O=C(Cc1csc(Nc2cccc(C(F)(F)F)c2)n1)N1CCN(Cc2ccccc2)CC1. The monoisotopic (exact) mass is 460 g/mol. The Morgan fingerprint density at radius 2 is 1.78 bits per heavy atom. The maximum Gasteiger partial charge on any atom is 0.416 e. The van der Waals surface area contributed by atoms with Crippen LogP contribution >= 0.6 is 11.3 Å². The molecular formula is C23H23F3N4OS. The second-order valence-corrected chi connectivity index (χ2v) is 8.52. The molecule has 1 saturated heterocycles. The van der Waals surface area contributed by atoms with Crippen molar-refractivity contribution in [1.29, 1.82) is 0 Å². The lowest BCUT2D eigenvalue weighted by Crippen LogP contribution is -2.48. The van der Waals surface area contributed by atoms with Crippen LogP contribution in [0.25, 0.3) is 0 Å². The fourth-order valence-corrected chi connectivity index (χ4v) is 4.34. The van der Waals surface area contributed by atoms with Crippen LogP contribution in [-0.4, -0.2) is 46.9 Å². The molecule has 0 bridgehead atoms. The van der Waals surface area contributed by atoms with Gasteiger partial charge in [-0.05, 0) is 23.8 Å². The van der Waals surface area contributed by atoms with Gasteiger partial charge in [-0.2, -0.15) is 13.2 Å². The topological polar surface area (TPSA) is 48.5 Å². The van der Waals surface area contributed by atoms with Gasteiger partial charge >= 0.3 is 6.18 Å². The van der Waals surface area contributed by atoms with E-state index in [1.165, 1.54) is 23.0 Å². The molecule has 0 aliphatic carbocycles. The zero-order chi connectivity index (χ0) is 22.6. The first kappa shape index (κ1) is 22.3. The molecule has 9 heteroatoms. The molecule has 32 heavy (non-hydrogen) atoms. The summed E-state index contributed by atoms with van der Waals surface area (Å²) in [5.41, 5.74) is 1.46. The number of aromatic nitrogens is 1. The first-order chi connectivity index (χ1) is 15.4. The van der Waals surface area contributed by atoms with Gasteiger partial charge in [-0.3, -0.25) is 9.69 Å². The third-order valence-electron chi connectivity index (χ3n) is 5.30. The Bertz CT molecular complexity index is 1050. The highest BCUT2D eigenvalue weighted by Crippen LogP contribution is 2.31. The van der Waals surface area contributed by atoms with Crippen molar-refractivity contribution in [2.24, 2.45) is 0 Å². The van der Waals surface area contributed by atoms with E-state index in [9.17, 15) is 18.0 Å². The Hall–Kier alpha value is -2.91. The van der Waals surface area contributed by atoms with Gasteiger partial charge in [0.25, 0.3) is 0 Å². The number of amides is 1. The first-order valence-corrected chi connectivity index (χ1v) is 11.2. The summed E-state index contributed by atoms with van der Waals surface area (Å²) in [6, 6.07) is 15.2. The third-order valence-corrected chi connectivity index (χ3v) is 6.11. The molecule has 1 aliphatic heterocycles. The molecule has 0 radical (unpaired) electrons. The molecular weight excluding hydrogens is 437 g/mol. The van der Waals surface area contributed by atoms with Gasteiger partial charge in [0.15, 0.2) is 5.13 Å². The lowest BCUT2D eigenvalue weighted by molar-refractivity contribution is -0.137. The molecule has 168 valence electrons. The molecule has 1 aromatic heterocycles. The fraction of sp³-hybridized carbons (Fsp3) is 0.304. The maximum atomic E-state index is 12.9. The summed E-state index contributed by atoms with van der Waals surface area (Å²) in [6.07, 6.45) is -4.22. The zero-order valence-corrected chi connectivity index (χ0v) is 18.1. The second-order valence-electron chi connectivity index (χ2n) is 7.67. The minimum Gasteiger partial charge on any atom is -0.340 e. The summed E-state index contributed by atoms with van der Waals surface area (Å²) >= 11 is 1.27. The number of halogens is 3. The van der Waals surface area contributed by atoms with E-state index in [4.69, 9.17) is 0 Å². The van der Waals surface area contributed by atoms with Crippen molar-refractivity contribution in [2.75, 3.05) is 31.5 Å². The number of thiazole rings is 1. The Morgan fingerprint density at radius 3 is 2.50 bits per heavy atom. The number of rotatable bonds is 6. The Labute approximate surface area is 188 Å². The van der Waals surface area contributed by atoms with Gasteiger partial charge in [0.05, 0.1) is 17.7 Å². The van der Waals surface area contributed by atoms with E-state index in [2.05, 4.69) is 27.3 Å². The number of hydrogen-bond acceptors (Lipinski definition) is 5. The number of piperazine rings is 1. The molecule has 1 fully saturated rings. The minimum atomic E-state index is -4.40. The fourth-order valence-electron chi connectivity index (χ4n) is 3.61. The van der Waals surface area contributed by atoms with Crippen molar-refractivity contribution in [2.45, 2.75) is 19.1 Å². The van der Waals surface area contributed by atoms with Gasteiger partial charge in [-0.25, -0.2) is 4.98 Å². The molecule has 1 amide bonds. The summed E-state index contributed by atoms with van der Waals surface area (Å²) in [7, 11) is 0. The number of carbonyl (C=O) groups excluding carboxylic acids is 1. The van der Waals surface area contributed by atoms with Gasteiger partial charge in [0.1, 0.15) is 0 Å². The normalized spacial score (nSPS) is 15.0. The van der Waals surface area contributed by atoms with E-state index in [0.29, 0.717) is 29.6 Å². The smallest absolute Gasteiger partial charge is 0.340 e. The number of carbonyl (C=O) groups is 1. The van der Waals surface area contributed by atoms with Crippen molar-refractivity contribution in [3.63, 3.8) is 0 Å². The molecule has 0 atom stereocenters. The molecule has 1 aliphatic rings. The third kappa shape index (κ3) is 5.86. The van der Waals surface area contributed by atoms with E-state index < -0.39 is 11.7 Å². The number of benzene rings is 2. The average Bonchev–Trinajstić information content (AvgIpc) is 3.21. The predicted molar refractivity (Wildman–Crippen MR) is 119 cm³/mol. The van der Waals surface area contributed by atoms with Gasteiger partial charge in [0.2, 0.25) is 5.91 Å². The van der Waals surface area contributed by atoms with E-state index >= 15 is 0 Å². The van der Waals surface area contributed by atoms with Crippen LogP contribution in [0, 0.1) is 0 Å². The van der Waals surface area contributed by atoms with Crippen LogP contribution in [0.5, 0.6) is 0 Å². The lowest BCUT2D eigenvalue weighted by atomic mass is 10.2. The van der Waals surface area contributed by atoms with Crippen LogP contribution in [0.3, 0.4) is 0 Å². The molecule has 5 nitrogen and oxygen atoms in total. The van der Waals surface area contributed by atoms with Crippen molar-refractivity contribution in [3.8, 4) is 0 Å². The van der Waals surface area contributed by atoms with Crippen molar-refractivity contribution in [3.05, 3.63) is 76.8 Å². The number of anilines is 2. The van der Waals surface area contributed by atoms with Crippen molar-refractivity contribution < 1.29 is 18.0 Å². The number of alkyl halides is 3. The molecule has 0 spiro atoms. The molecule has 2 aromatic carbocycles. The zero-order valence-electron chi connectivity index (χ0n) is 17.3. The maximum absolute atomic E-state index is 12.9. The van der Waals surface area contributed by atoms with Gasteiger partial charge in [-0.1, -0.05) is 36.4 Å². The summed E-state index contributed by atoms with van der Waals surface area (Å²) in [5, 5.41) is 5.12. The summed E-state index contributed by atoms with van der Waals surface area (Å²) in [6.45, 7) is 3.86. The van der Waals surface area contributed by atoms with Crippen molar-refractivity contribution >= 4 is 28.1 Å².